The third kappa shape index (κ3) is 1.52. The molecule has 2 aliphatic carbocycles. The molecule has 0 spiro atoms. The van der Waals surface area contributed by atoms with Crippen molar-refractivity contribution in [3.63, 3.8) is 0 Å². The van der Waals surface area contributed by atoms with Crippen LogP contribution < -0.4 is 0 Å². The first-order chi connectivity index (χ1) is 7.36. The summed E-state index contributed by atoms with van der Waals surface area (Å²) in [5, 5.41) is 0. The number of benzene rings is 1. The molecule has 3 atom stereocenters. The van der Waals surface area contributed by atoms with E-state index < -0.39 is 0 Å². The molecule has 0 amide bonds. The van der Waals surface area contributed by atoms with E-state index in [0.29, 0.717) is 0 Å². The van der Waals surface area contributed by atoms with Crippen molar-refractivity contribution in [2.45, 2.75) is 31.6 Å². The number of rotatable bonds is 2. The van der Waals surface area contributed by atoms with Crippen molar-refractivity contribution in [3.05, 3.63) is 42.0 Å². The molecule has 78 valence electrons. The van der Waals surface area contributed by atoms with Gasteiger partial charge in [-0.05, 0) is 48.1 Å². The summed E-state index contributed by atoms with van der Waals surface area (Å²) in [6, 6.07) is 9.02. The zero-order valence-corrected chi connectivity index (χ0v) is 9.15. The highest BCUT2D eigenvalue weighted by molar-refractivity contribution is 5.47. The molecule has 2 bridgehead atoms. The predicted octanol–water partition coefficient (Wildman–Crippen LogP) is 4.23. The molecule has 0 radical (unpaired) electrons. The van der Waals surface area contributed by atoms with Crippen LogP contribution in [0.2, 0.25) is 0 Å². The van der Waals surface area contributed by atoms with Gasteiger partial charge >= 0.3 is 0 Å². The van der Waals surface area contributed by atoms with Gasteiger partial charge in [-0.1, -0.05) is 43.3 Å². The maximum Gasteiger partial charge on any atom is -0.0131 e. The van der Waals surface area contributed by atoms with E-state index in [1.54, 1.807) is 5.56 Å². The van der Waals surface area contributed by atoms with E-state index in [1.165, 1.54) is 31.2 Å². The van der Waals surface area contributed by atoms with E-state index in [-0.39, 0.29) is 0 Å². The van der Waals surface area contributed by atoms with Crippen LogP contribution in [0.25, 0.3) is 6.08 Å². The molecule has 15 heavy (non-hydrogen) atoms. The highest BCUT2D eigenvalue weighted by Crippen LogP contribution is 2.52. The molecule has 0 heteroatoms. The van der Waals surface area contributed by atoms with Crippen LogP contribution >= 0.6 is 0 Å². The van der Waals surface area contributed by atoms with Crippen LogP contribution in [0, 0.1) is 11.8 Å². The molecule has 0 saturated heterocycles. The Morgan fingerprint density at radius 1 is 1.07 bits per heavy atom. The summed E-state index contributed by atoms with van der Waals surface area (Å²) in [6.45, 7) is 3.80. The van der Waals surface area contributed by atoms with Gasteiger partial charge < -0.3 is 0 Å². The van der Waals surface area contributed by atoms with Crippen LogP contribution in [0.5, 0.6) is 0 Å². The van der Waals surface area contributed by atoms with Crippen LogP contribution in [-0.4, -0.2) is 0 Å². The van der Waals surface area contributed by atoms with Crippen molar-refractivity contribution in [2.75, 3.05) is 0 Å². The van der Waals surface area contributed by atoms with Crippen molar-refractivity contribution in [2.24, 2.45) is 11.8 Å². The second-order valence-corrected chi connectivity index (χ2v) is 5.15. The van der Waals surface area contributed by atoms with Gasteiger partial charge in [-0.3, -0.25) is 0 Å². The second-order valence-electron chi connectivity index (χ2n) is 5.15. The zero-order chi connectivity index (χ0) is 10.3. The van der Waals surface area contributed by atoms with Gasteiger partial charge in [0.2, 0.25) is 0 Å². The van der Waals surface area contributed by atoms with Crippen molar-refractivity contribution in [3.8, 4) is 0 Å². The minimum absolute atomic E-state index is 0.864. The van der Waals surface area contributed by atoms with E-state index in [4.69, 9.17) is 0 Å². The number of fused-ring (bicyclic) bond motifs is 2. The number of hydrogen-bond acceptors (Lipinski definition) is 0. The van der Waals surface area contributed by atoms with Gasteiger partial charge in [0, 0.05) is 0 Å². The molecule has 3 unspecified atom stereocenters. The third-order valence-electron chi connectivity index (χ3n) is 4.34. The van der Waals surface area contributed by atoms with Gasteiger partial charge in [-0.25, -0.2) is 0 Å². The molecular weight excluding hydrogens is 180 g/mol. The lowest BCUT2D eigenvalue weighted by Gasteiger charge is -2.22. The molecule has 2 aliphatic rings. The lowest BCUT2D eigenvalue weighted by molar-refractivity contribution is 0.420. The standard InChI is InChI=1S/C15H18/c1-2-11-3-6-13(7-4-11)15-10-12-5-8-14(15)9-12/h2-4,6-7,12,14-15H,1,5,8-10H2. The summed E-state index contributed by atoms with van der Waals surface area (Å²) in [5.41, 5.74) is 2.80. The molecule has 1 aromatic rings. The maximum atomic E-state index is 3.80. The Morgan fingerprint density at radius 2 is 1.87 bits per heavy atom. The first-order valence-corrected chi connectivity index (χ1v) is 6.09. The lowest BCUT2D eigenvalue weighted by Crippen LogP contribution is -2.08. The van der Waals surface area contributed by atoms with E-state index in [0.717, 1.165) is 17.8 Å². The minimum Gasteiger partial charge on any atom is -0.0985 e. The largest absolute Gasteiger partial charge is 0.0985 e. The van der Waals surface area contributed by atoms with Gasteiger partial charge in [0.25, 0.3) is 0 Å². The van der Waals surface area contributed by atoms with Gasteiger partial charge in [-0.15, -0.1) is 0 Å². The second kappa shape index (κ2) is 3.52. The van der Waals surface area contributed by atoms with Crippen LogP contribution in [0.1, 0.15) is 42.7 Å². The summed E-state index contributed by atoms with van der Waals surface area (Å²) < 4.78 is 0. The van der Waals surface area contributed by atoms with Crippen molar-refractivity contribution in [1.29, 1.82) is 0 Å². The molecule has 2 fully saturated rings. The summed E-state index contributed by atoms with van der Waals surface area (Å²) >= 11 is 0. The predicted molar refractivity (Wildman–Crippen MR) is 64.7 cm³/mol. The Morgan fingerprint density at radius 3 is 2.40 bits per heavy atom. The normalized spacial score (nSPS) is 33.2. The van der Waals surface area contributed by atoms with Crippen LogP contribution in [-0.2, 0) is 0 Å². The fourth-order valence-electron chi connectivity index (χ4n) is 3.53. The van der Waals surface area contributed by atoms with Gasteiger partial charge in [0.15, 0.2) is 0 Å². The molecule has 0 N–H and O–H groups in total. The Labute approximate surface area is 92.0 Å². The molecule has 0 heterocycles. The lowest BCUT2D eigenvalue weighted by atomic mass is 9.83. The Balaban J connectivity index is 1.84. The fourth-order valence-corrected chi connectivity index (χ4v) is 3.53. The van der Waals surface area contributed by atoms with Gasteiger partial charge in [-0.2, -0.15) is 0 Å². The average Bonchev–Trinajstić information content (AvgIpc) is 2.91. The fraction of sp³-hybridized carbons (Fsp3) is 0.467. The Hall–Kier alpha value is -1.04. The monoisotopic (exact) mass is 198 g/mol. The molecule has 0 nitrogen and oxygen atoms in total. The molecule has 0 aromatic heterocycles. The van der Waals surface area contributed by atoms with Crippen LogP contribution in [0.3, 0.4) is 0 Å². The van der Waals surface area contributed by atoms with Crippen LogP contribution in [0.4, 0.5) is 0 Å². The first-order valence-electron chi connectivity index (χ1n) is 6.09. The molecule has 1 aromatic carbocycles. The smallest absolute Gasteiger partial charge is 0.0131 e. The Kier molecular flexibility index (Phi) is 2.16. The van der Waals surface area contributed by atoms with Gasteiger partial charge in [0.1, 0.15) is 0 Å². The van der Waals surface area contributed by atoms with Crippen LogP contribution in [0.15, 0.2) is 30.8 Å². The topological polar surface area (TPSA) is 0 Å². The molecule has 3 rings (SSSR count). The highest BCUT2D eigenvalue weighted by atomic mass is 14.4. The quantitative estimate of drug-likeness (QED) is 0.667. The van der Waals surface area contributed by atoms with E-state index >= 15 is 0 Å². The first kappa shape index (κ1) is 9.21. The SMILES string of the molecule is C=Cc1ccc(C2CC3CCC2C3)cc1. The zero-order valence-electron chi connectivity index (χ0n) is 9.15. The highest BCUT2D eigenvalue weighted by Gasteiger charge is 2.39. The van der Waals surface area contributed by atoms with Gasteiger partial charge in [0.05, 0.1) is 0 Å². The third-order valence-corrected chi connectivity index (χ3v) is 4.34. The average molecular weight is 198 g/mol. The molecule has 2 saturated carbocycles. The van der Waals surface area contributed by atoms with Crippen molar-refractivity contribution < 1.29 is 0 Å². The summed E-state index contributed by atoms with van der Waals surface area (Å²) in [7, 11) is 0. The molecule has 0 aliphatic heterocycles. The van der Waals surface area contributed by atoms with Crippen molar-refractivity contribution >= 4 is 6.08 Å². The van der Waals surface area contributed by atoms with Crippen molar-refractivity contribution in [1.82, 2.24) is 0 Å². The summed E-state index contributed by atoms with van der Waals surface area (Å²) in [6.07, 6.45) is 7.82. The maximum absolute atomic E-state index is 3.80. The van der Waals surface area contributed by atoms with E-state index in [9.17, 15) is 0 Å². The van der Waals surface area contributed by atoms with E-state index in [1.807, 2.05) is 6.08 Å². The number of hydrogen-bond donors (Lipinski definition) is 0. The molecular formula is C15H18. The van der Waals surface area contributed by atoms with E-state index in [2.05, 4.69) is 30.8 Å². The summed E-state index contributed by atoms with van der Waals surface area (Å²) in [4.78, 5) is 0. The Bertz CT molecular complexity index is 360. The summed E-state index contributed by atoms with van der Waals surface area (Å²) in [5.74, 6) is 2.89. The minimum atomic E-state index is 0.864.